The highest BCUT2D eigenvalue weighted by Crippen LogP contribution is 2.60. The number of nitrogens with zero attached hydrogens (tertiary/aromatic N) is 3. The summed E-state index contributed by atoms with van der Waals surface area (Å²) in [6, 6.07) is 0. The number of hydrogen-bond donors (Lipinski definition) is 1. The van der Waals surface area contributed by atoms with Crippen LogP contribution in [0.15, 0.2) is 0 Å². The number of carbonyl (C=O) groups excluding carboxylic acids is 3. The van der Waals surface area contributed by atoms with Gasteiger partial charge in [0.1, 0.15) is 5.01 Å². The van der Waals surface area contributed by atoms with Gasteiger partial charge in [0.2, 0.25) is 22.9 Å². The van der Waals surface area contributed by atoms with Crippen LogP contribution in [0.5, 0.6) is 0 Å². The highest BCUT2D eigenvalue weighted by Gasteiger charge is 2.64. The van der Waals surface area contributed by atoms with Crippen molar-refractivity contribution in [2.24, 2.45) is 16.7 Å². The zero-order valence-electron chi connectivity index (χ0n) is 15.1. The van der Waals surface area contributed by atoms with Gasteiger partial charge >= 0.3 is 0 Å². The van der Waals surface area contributed by atoms with E-state index in [0.717, 1.165) is 17.8 Å². The number of likely N-dealkylation sites (tertiary alicyclic amines) is 1. The molecule has 2 fully saturated rings. The molecule has 2 bridgehead atoms. The lowest BCUT2D eigenvalue weighted by molar-refractivity contribution is -0.168. The predicted octanol–water partition coefficient (Wildman–Crippen LogP) is 2.38. The average Bonchev–Trinajstić information content (AvgIpc) is 3.01. The minimum absolute atomic E-state index is 0.0786. The number of aryl methyl sites for hydroxylation is 1. The van der Waals surface area contributed by atoms with Crippen LogP contribution < -0.4 is 5.32 Å². The smallest absolute Gasteiger partial charge is 0.235 e. The fourth-order valence-corrected chi connectivity index (χ4v) is 4.65. The van der Waals surface area contributed by atoms with Gasteiger partial charge in [-0.3, -0.25) is 19.3 Å². The molecule has 2 aliphatic rings. The Balaban J connectivity index is 1.58. The van der Waals surface area contributed by atoms with Gasteiger partial charge in [-0.05, 0) is 31.6 Å². The SMILES string of the molecule is Cc1nnc(NC(=O)CCCN2C(=O)C3CCC(C)(C2=O)C3(C)C)s1. The number of amides is 3. The minimum Gasteiger partial charge on any atom is -0.301 e. The Morgan fingerprint density at radius 3 is 2.68 bits per heavy atom. The summed E-state index contributed by atoms with van der Waals surface area (Å²) in [5.41, 5.74) is -0.789. The quantitative estimate of drug-likeness (QED) is 0.810. The Morgan fingerprint density at radius 1 is 1.32 bits per heavy atom. The lowest BCUT2D eigenvalue weighted by atomic mass is 9.62. The summed E-state index contributed by atoms with van der Waals surface area (Å²) in [6.07, 6.45) is 2.20. The molecule has 1 aromatic rings. The molecule has 2 heterocycles. The van der Waals surface area contributed by atoms with Crippen molar-refractivity contribution in [3.8, 4) is 0 Å². The largest absolute Gasteiger partial charge is 0.301 e. The van der Waals surface area contributed by atoms with Crippen molar-refractivity contribution in [3.05, 3.63) is 5.01 Å². The van der Waals surface area contributed by atoms with Crippen LogP contribution in [0.4, 0.5) is 5.13 Å². The van der Waals surface area contributed by atoms with Gasteiger partial charge in [0.15, 0.2) is 0 Å². The summed E-state index contributed by atoms with van der Waals surface area (Å²) in [5, 5.41) is 11.6. The van der Waals surface area contributed by atoms with Crippen LogP contribution in [0.25, 0.3) is 0 Å². The minimum atomic E-state index is -0.488. The first-order chi connectivity index (χ1) is 11.7. The van der Waals surface area contributed by atoms with E-state index < -0.39 is 5.41 Å². The van der Waals surface area contributed by atoms with E-state index in [1.807, 2.05) is 27.7 Å². The van der Waals surface area contributed by atoms with Crippen molar-refractivity contribution >= 4 is 34.2 Å². The highest BCUT2D eigenvalue weighted by molar-refractivity contribution is 7.15. The van der Waals surface area contributed by atoms with Crippen molar-refractivity contribution in [2.75, 3.05) is 11.9 Å². The number of nitrogens with one attached hydrogen (secondary N) is 1. The lowest BCUT2D eigenvalue weighted by Gasteiger charge is -2.47. The van der Waals surface area contributed by atoms with Crippen LogP contribution in [0.1, 0.15) is 51.5 Å². The standard InChI is InChI=1S/C17H24N4O3S/c1-10-19-20-15(25-10)18-12(22)6-5-9-21-13(23)11-7-8-17(4,14(21)24)16(11,2)3/h11H,5-9H2,1-4H3,(H,18,20,22). The average molecular weight is 364 g/mol. The summed E-state index contributed by atoms with van der Waals surface area (Å²) in [7, 11) is 0. The number of piperidine rings is 1. The number of carbonyl (C=O) groups is 3. The first-order valence-corrected chi connectivity index (χ1v) is 9.44. The number of hydrogen-bond acceptors (Lipinski definition) is 6. The zero-order valence-corrected chi connectivity index (χ0v) is 15.9. The van der Waals surface area contributed by atoms with E-state index in [-0.39, 0.29) is 35.5 Å². The molecule has 0 aromatic carbocycles. The molecule has 2 atom stereocenters. The fraction of sp³-hybridized carbons (Fsp3) is 0.706. The van der Waals surface area contributed by atoms with Crippen LogP contribution in [0.2, 0.25) is 0 Å². The molecule has 3 amide bonds. The third-order valence-electron chi connectivity index (χ3n) is 6.07. The van der Waals surface area contributed by atoms with Crippen molar-refractivity contribution in [2.45, 2.75) is 53.4 Å². The number of rotatable bonds is 5. The van der Waals surface area contributed by atoms with E-state index in [1.54, 1.807) is 0 Å². The third kappa shape index (κ3) is 2.86. The Labute approximate surface area is 151 Å². The van der Waals surface area contributed by atoms with E-state index in [1.165, 1.54) is 16.2 Å². The second kappa shape index (κ2) is 6.16. The maximum absolute atomic E-state index is 12.9. The maximum atomic E-state index is 12.9. The van der Waals surface area contributed by atoms with Crippen LogP contribution >= 0.6 is 11.3 Å². The molecule has 1 aliphatic heterocycles. The summed E-state index contributed by atoms with van der Waals surface area (Å²) in [5.74, 6) is -0.447. The van der Waals surface area contributed by atoms with E-state index in [2.05, 4.69) is 15.5 Å². The summed E-state index contributed by atoms with van der Waals surface area (Å²) in [4.78, 5) is 39.0. The molecule has 3 rings (SSSR count). The first kappa shape index (κ1) is 18.0. The van der Waals surface area contributed by atoms with Gasteiger partial charge in [0, 0.05) is 18.9 Å². The second-order valence-electron chi connectivity index (χ2n) is 7.72. The molecule has 1 saturated heterocycles. The Hall–Kier alpha value is -1.83. The van der Waals surface area contributed by atoms with Gasteiger partial charge in [-0.2, -0.15) is 0 Å². The summed E-state index contributed by atoms with van der Waals surface area (Å²) in [6.45, 7) is 8.13. The van der Waals surface area contributed by atoms with Crippen molar-refractivity contribution in [1.29, 1.82) is 0 Å². The van der Waals surface area contributed by atoms with E-state index in [0.29, 0.717) is 18.1 Å². The molecule has 25 heavy (non-hydrogen) atoms. The zero-order chi connectivity index (χ0) is 18.4. The van der Waals surface area contributed by atoms with Gasteiger partial charge in [0.05, 0.1) is 5.41 Å². The molecule has 0 radical (unpaired) electrons. The van der Waals surface area contributed by atoms with Gasteiger partial charge < -0.3 is 5.32 Å². The molecule has 136 valence electrons. The first-order valence-electron chi connectivity index (χ1n) is 8.62. The molecular formula is C17H24N4O3S. The third-order valence-corrected chi connectivity index (χ3v) is 6.82. The Bertz CT molecular complexity index is 729. The van der Waals surface area contributed by atoms with Crippen molar-refractivity contribution in [3.63, 3.8) is 0 Å². The van der Waals surface area contributed by atoms with E-state index in [9.17, 15) is 14.4 Å². The maximum Gasteiger partial charge on any atom is 0.235 e. The molecule has 1 aromatic heterocycles. The number of anilines is 1. The van der Waals surface area contributed by atoms with Crippen LogP contribution in [0.3, 0.4) is 0 Å². The van der Waals surface area contributed by atoms with Crippen molar-refractivity contribution in [1.82, 2.24) is 15.1 Å². The Morgan fingerprint density at radius 2 is 2.04 bits per heavy atom. The van der Waals surface area contributed by atoms with Crippen LogP contribution in [-0.4, -0.2) is 39.4 Å². The molecule has 1 saturated carbocycles. The molecule has 8 heteroatoms. The highest BCUT2D eigenvalue weighted by atomic mass is 32.1. The predicted molar refractivity (Wildman–Crippen MR) is 93.8 cm³/mol. The van der Waals surface area contributed by atoms with Crippen LogP contribution in [0, 0.1) is 23.7 Å². The molecule has 2 unspecified atom stereocenters. The van der Waals surface area contributed by atoms with Gasteiger partial charge in [-0.15, -0.1) is 10.2 Å². The second-order valence-corrected chi connectivity index (χ2v) is 8.90. The number of aromatic nitrogens is 2. The van der Waals surface area contributed by atoms with Gasteiger partial charge in [-0.25, -0.2) is 0 Å². The molecular weight excluding hydrogens is 340 g/mol. The van der Waals surface area contributed by atoms with E-state index in [4.69, 9.17) is 0 Å². The van der Waals surface area contributed by atoms with E-state index >= 15 is 0 Å². The van der Waals surface area contributed by atoms with Crippen LogP contribution in [-0.2, 0) is 14.4 Å². The monoisotopic (exact) mass is 364 g/mol. The number of imide groups is 1. The van der Waals surface area contributed by atoms with Gasteiger partial charge in [0.25, 0.3) is 0 Å². The molecule has 0 spiro atoms. The lowest BCUT2D eigenvalue weighted by Crippen LogP contribution is -2.59. The normalized spacial score (nSPS) is 27.7. The fourth-order valence-electron chi connectivity index (χ4n) is 4.04. The molecule has 1 aliphatic carbocycles. The van der Waals surface area contributed by atoms with Gasteiger partial charge in [-0.1, -0.05) is 32.1 Å². The number of fused-ring (bicyclic) bond motifs is 2. The summed E-state index contributed by atoms with van der Waals surface area (Å²) < 4.78 is 0. The Kier molecular flexibility index (Phi) is 4.43. The molecule has 7 nitrogen and oxygen atoms in total. The molecule has 1 N–H and O–H groups in total. The van der Waals surface area contributed by atoms with Crippen molar-refractivity contribution < 1.29 is 14.4 Å². The summed E-state index contributed by atoms with van der Waals surface area (Å²) >= 11 is 1.31. The topological polar surface area (TPSA) is 92.3 Å².